The summed E-state index contributed by atoms with van der Waals surface area (Å²) in [6.45, 7) is 0.515. The van der Waals surface area contributed by atoms with Crippen LogP contribution >= 0.6 is 11.8 Å². The number of hydrogen-bond acceptors (Lipinski definition) is 3. The van der Waals surface area contributed by atoms with E-state index in [4.69, 9.17) is 0 Å². The van der Waals surface area contributed by atoms with Crippen LogP contribution in [0.2, 0.25) is 0 Å². The molecule has 3 rings (SSSR count). The number of carboxylic acids is 1. The Balaban J connectivity index is 1.65. The van der Waals surface area contributed by atoms with Gasteiger partial charge in [0.1, 0.15) is 6.04 Å². The second kappa shape index (κ2) is 8.21. The van der Waals surface area contributed by atoms with Crippen LogP contribution in [-0.2, 0) is 10.5 Å². The minimum atomic E-state index is -0.913. The summed E-state index contributed by atoms with van der Waals surface area (Å²) in [6.07, 6.45) is 2.25. The number of amides is 1. The number of rotatable bonds is 5. The highest BCUT2D eigenvalue weighted by Crippen LogP contribution is 2.24. The summed E-state index contributed by atoms with van der Waals surface area (Å²) < 4.78 is 0. The van der Waals surface area contributed by atoms with Crippen LogP contribution in [0.1, 0.15) is 35.2 Å². The highest BCUT2D eigenvalue weighted by molar-refractivity contribution is 7.98. The van der Waals surface area contributed by atoms with E-state index in [9.17, 15) is 14.7 Å². The molecule has 0 aliphatic carbocycles. The Hall–Kier alpha value is -2.27. The van der Waals surface area contributed by atoms with Gasteiger partial charge in [0, 0.05) is 22.8 Å². The van der Waals surface area contributed by atoms with Crippen LogP contribution in [0.15, 0.2) is 59.5 Å². The molecule has 1 fully saturated rings. The van der Waals surface area contributed by atoms with Crippen LogP contribution < -0.4 is 0 Å². The third kappa shape index (κ3) is 4.42. The number of carbonyl (C=O) groups is 2. The molecular formula is C20H21NO3S. The molecule has 1 amide bonds. The summed E-state index contributed by atoms with van der Waals surface area (Å²) in [5.41, 5.74) is 1.69. The van der Waals surface area contributed by atoms with E-state index in [0.717, 1.165) is 24.2 Å². The Labute approximate surface area is 151 Å². The molecule has 1 N–H and O–H groups in total. The average Bonchev–Trinajstić information content (AvgIpc) is 2.67. The molecule has 0 radical (unpaired) electrons. The minimum Gasteiger partial charge on any atom is -0.480 e. The standard InChI is InChI=1S/C20H21NO3S/c22-19(21-13-5-4-8-18(21)20(23)24)16-11-9-15(10-12-16)14-25-17-6-2-1-3-7-17/h1-3,6-7,9-12,18H,4-5,8,13-14H2,(H,23,24)/t18-/m1/s1. The van der Waals surface area contributed by atoms with E-state index in [2.05, 4.69) is 12.1 Å². The maximum absolute atomic E-state index is 12.7. The predicted molar refractivity (Wildman–Crippen MR) is 98.8 cm³/mol. The first-order valence-electron chi connectivity index (χ1n) is 8.46. The van der Waals surface area contributed by atoms with Crippen molar-refractivity contribution in [3.05, 3.63) is 65.7 Å². The lowest BCUT2D eigenvalue weighted by atomic mass is 10.0. The van der Waals surface area contributed by atoms with Gasteiger partial charge in [-0.2, -0.15) is 0 Å². The van der Waals surface area contributed by atoms with Crippen LogP contribution in [0.4, 0.5) is 0 Å². The Morgan fingerprint density at radius 2 is 1.76 bits per heavy atom. The lowest BCUT2D eigenvalue weighted by Gasteiger charge is -2.33. The molecule has 2 aromatic carbocycles. The Morgan fingerprint density at radius 1 is 1.04 bits per heavy atom. The first-order valence-corrected chi connectivity index (χ1v) is 9.44. The summed E-state index contributed by atoms with van der Waals surface area (Å²) in [5, 5.41) is 9.33. The first kappa shape index (κ1) is 17.5. The number of nitrogens with zero attached hydrogens (tertiary/aromatic N) is 1. The molecule has 0 saturated carbocycles. The maximum atomic E-state index is 12.7. The summed E-state index contributed by atoms with van der Waals surface area (Å²) in [4.78, 5) is 26.7. The number of carboxylic acid groups (broad SMARTS) is 1. The van der Waals surface area contributed by atoms with Gasteiger partial charge in [0.25, 0.3) is 5.91 Å². The van der Waals surface area contributed by atoms with Gasteiger partial charge in [-0.05, 0) is 49.1 Å². The van der Waals surface area contributed by atoms with E-state index in [-0.39, 0.29) is 5.91 Å². The fraction of sp³-hybridized carbons (Fsp3) is 0.300. The summed E-state index contributed by atoms with van der Waals surface area (Å²) >= 11 is 1.75. The van der Waals surface area contributed by atoms with Crippen LogP contribution in [-0.4, -0.2) is 34.5 Å². The second-order valence-corrected chi connectivity index (χ2v) is 7.20. The molecule has 0 bridgehead atoms. The van der Waals surface area contributed by atoms with Crippen LogP contribution in [0.3, 0.4) is 0 Å². The molecule has 1 saturated heterocycles. The van der Waals surface area contributed by atoms with Gasteiger partial charge in [0.15, 0.2) is 0 Å². The van der Waals surface area contributed by atoms with Crippen molar-refractivity contribution in [1.82, 2.24) is 4.90 Å². The third-order valence-corrected chi connectivity index (χ3v) is 5.48. The zero-order valence-corrected chi connectivity index (χ0v) is 14.7. The molecular weight excluding hydrogens is 334 g/mol. The van der Waals surface area contributed by atoms with Gasteiger partial charge < -0.3 is 10.0 Å². The van der Waals surface area contributed by atoms with E-state index >= 15 is 0 Å². The number of likely N-dealkylation sites (tertiary alicyclic amines) is 1. The van der Waals surface area contributed by atoms with Gasteiger partial charge in [-0.1, -0.05) is 30.3 Å². The average molecular weight is 355 g/mol. The van der Waals surface area contributed by atoms with Crippen molar-refractivity contribution < 1.29 is 14.7 Å². The van der Waals surface area contributed by atoms with E-state index in [1.165, 1.54) is 9.80 Å². The lowest BCUT2D eigenvalue weighted by Crippen LogP contribution is -2.47. The van der Waals surface area contributed by atoms with Crippen molar-refractivity contribution >= 4 is 23.6 Å². The number of aliphatic carboxylic acids is 1. The van der Waals surface area contributed by atoms with Gasteiger partial charge in [-0.3, -0.25) is 4.79 Å². The van der Waals surface area contributed by atoms with Crippen LogP contribution in [0, 0.1) is 0 Å². The smallest absolute Gasteiger partial charge is 0.326 e. The topological polar surface area (TPSA) is 57.6 Å². The van der Waals surface area contributed by atoms with Crippen molar-refractivity contribution in [2.45, 2.75) is 36.0 Å². The molecule has 0 spiro atoms. The molecule has 2 aromatic rings. The summed E-state index contributed by atoms with van der Waals surface area (Å²) in [6, 6.07) is 17.0. The molecule has 1 aliphatic heterocycles. The van der Waals surface area contributed by atoms with Gasteiger partial charge in [-0.25, -0.2) is 4.79 Å². The van der Waals surface area contributed by atoms with E-state index in [1.807, 2.05) is 30.3 Å². The van der Waals surface area contributed by atoms with E-state index in [0.29, 0.717) is 18.5 Å². The Kier molecular flexibility index (Phi) is 5.76. The zero-order valence-electron chi connectivity index (χ0n) is 13.9. The van der Waals surface area contributed by atoms with Gasteiger partial charge in [0.2, 0.25) is 0 Å². The molecule has 5 heteroatoms. The largest absolute Gasteiger partial charge is 0.480 e. The fourth-order valence-electron chi connectivity index (χ4n) is 3.02. The van der Waals surface area contributed by atoms with Crippen molar-refractivity contribution in [3.8, 4) is 0 Å². The highest BCUT2D eigenvalue weighted by atomic mass is 32.2. The Morgan fingerprint density at radius 3 is 2.44 bits per heavy atom. The SMILES string of the molecule is O=C(O)[C@H]1CCCCN1C(=O)c1ccc(CSc2ccccc2)cc1. The van der Waals surface area contributed by atoms with Crippen molar-refractivity contribution in [2.75, 3.05) is 6.54 Å². The number of carbonyl (C=O) groups excluding carboxylic acids is 1. The van der Waals surface area contributed by atoms with Crippen molar-refractivity contribution in [3.63, 3.8) is 0 Å². The van der Waals surface area contributed by atoms with Crippen LogP contribution in [0.25, 0.3) is 0 Å². The normalized spacial score (nSPS) is 17.3. The zero-order chi connectivity index (χ0) is 17.6. The molecule has 1 heterocycles. The minimum absolute atomic E-state index is 0.186. The molecule has 0 aromatic heterocycles. The Bertz CT molecular complexity index is 730. The van der Waals surface area contributed by atoms with E-state index < -0.39 is 12.0 Å². The van der Waals surface area contributed by atoms with E-state index in [1.54, 1.807) is 23.9 Å². The number of hydrogen-bond donors (Lipinski definition) is 1. The summed E-state index contributed by atoms with van der Waals surface area (Å²) in [7, 11) is 0. The molecule has 4 nitrogen and oxygen atoms in total. The lowest BCUT2D eigenvalue weighted by molar-refractivity contribution is -0.143. The van der Waals surface area contributed by atoms with Crippen molar-refractivity contribution in [2.24, 2.45) is 0 Å². The molecule has 1 atom stereocenters. The van der Waals surface area contributed by atoms with Crippen LogP contribution in [0.5, 0.6) is 0 Å². The van der Waals surface area contributed by atoms with Gasteiger partial charge in [-0.15, -0.1) is 11.8 Å². The summed E-state index contributed by atoms with van der Waals surface area (Å²) in [5.74, 6) is -0.266. The van der Waals surface area contributed by atoms with Crippen molar-refractivity contribution in [1.29, 1.82) is 0 Å². The maximum Gasteiger partial charge on any atom is 0.326 e. The quantitative estimate of drug-likeness (QED) is 0.822. The van der Waals surface area contributed by atoms with Gasteiger partial charge in [0.05, 0.1) is 0 Å². The third-order valence-electron chi connectivity index (χ3n) is 4.40. The monoisotopic (exact) mass is 355 g/mol. The predicted octanol–water partition coefficient (Wildman–Crippen LogP) is 4.06. The molecule has 1 aliphatic rings. The molecule has 25 heavy (non-hydrogen) atoms. The first-order chi connectivity index (χ1) is 12.1. The fourth-order valence-corrected chi connectivity index (χ4v) is 3.90. The van der Waals surface area contributed by atoms with Gasteiger partial charge >= 0.3 is 5.97 Å². The second-order valence-electron chi connectivity index (χ2n) is 6.15. The number of benzene rings is 2. The number of thioether (sulfide) groups is 1. The number of piperidine rings is 1. The molecule has 130 valence electrons. The highest BCUT2D eigenvalue weighted by Gasteiger charge is 2.32. The molecule has 0 unspecified atom stereocenters.